The summed E-state index contributed by atoms with van der Waals surface area (Å²) in [7, 11) is -3.37. The normalized spacial score (nSPS) is 11.7. The highest BCUT2D eigenvalue weighted by Gasteiger charge is 2.14. The van der Waals surface area contributed by atoms with Crippen molar-refractivity contribution in [3.8, 4) is 5.75 Å². The Labute approximate surface area is 153 Å². The van der Waals surface area contributed by atoms with Gasteiger partial charge in [-0.15, -0.1) is 12.4 Å². The molecular weight excluding hydrogens is 365 g/mol. The molecule has 7 heteroatoms. The third-order valence-corrected chi connectivity index (χ3v) is 5.13. The van der Waals surface area contributed by atoms with E-state index in [1.807, 2.05) is 30.3 Å². The molecule has 0 aliphatic carbocycles. The highest BCUT2D eigenvalue weighted by atomic mass is 35.5. The zero-order chi connectivity index (χ0) is 17.4. The molecule has 0 aliphatic heterocycles. The number of hydrogen-bond acceptors (Lipinski definition) is 4. The Hall–Kier alpha value is -1.89. The minimum absolute atomic E-state index is 0. The van der Waals surface area contributed by atoms with Crippen molar-refractivity contribution >= 4 is 22.2 Å². The van der Waals surface area contributed by atoms with Crippen LogP contribution < -0.4 is 10.5 Å². The Morgan fingerprint density at radius 1 is 1.08 bits per heavy atom. The van der Waals surface area contributed by atoms with Crippen molar-refractivity contribution in [3.05, 3.63) is 72.1 Å². The molecule has 0 amide bonds. The first kappa shape index (κ1) is 21.2. The van der Waals surface area contributed by atoms with Gasteiger partial charge in [-0.2, -0.15) is 0 Å². The second kappa shape index (κ2) is 10.2. The smallest absolute Gasteiger partial charge is 0.178 e. The number of benzene rings is 2. The molecule has 0 atom stereocenters. The van der Waals surface area contributed by atoms with Crippen molar-refractivity contribution in [1.29, 1.82) is 0 Å². The lowest BCUT2D eigenvalue weighted by Gasteiger charge is -2.07. The van der Waals surface area contributed by atoms with Crippen LogP contribution in [0.2, 0.25) is 0 Å². The van der Waals surface area contributed by atoms with E-state index in [2.05, 4.69) is 0 Å². The van der Waals surface area contributed by atoms with Gasteiger partial charge in [0.1, 0.15) is 18.2 Å². The second-order valence-corrected chi connectivity index (χ2v) is 7.31. The first-order valence-electron chi connectivity index (χ1n) is 7.55. The summed E-state index contributed by atoms with van der Waals surface area (Å²) in [5.74, 6) is -0.0277. The average molecular weight is 386 g/mol. The summed E-state index contributed by atoms with van der Waals surface area (Å²) in [6, 6.07) is 15.4. The molecule has 0 saturated heterocycles. The molecule has 0 aromatic heterocycles. The Morgan fingerprint density at radius 2 is 1.72 bits per heavy atom. The molecule has 0 unspecified atom stereocenters. The number of aryl methyl sites for hydroxylation is 1. The zero-order valence-corrected chi connectivity index (χ0v) is 15.2. The van der Waals surface area contributed by atoms with Gasteiger partial charge in [-0.05, 0) is 42.3 Å². The van der Waals surface area contributed by atoms with Crippen molar-refractivity contribution in [2.24, 2.45) is 5.73 Å². The van der Waals surface area contributed by atoms with Crippen LogP contribution in [0.25, 0.3) is 0 Å². The lowest BCUT2D eigenvalue weighted by atomic mass is 10.2. The molecule has 0 spiro atoms. The molecule has 0 heterocycles. The molecule has 2 aromatic rings. The summed E-state index contributed by atoms with van der Waals surface area (Å²) >= 11 is 0. The Morgan fingerprint density at radius 3 is 2.32 bits per heavy atom. The fraction of sp³-hybridized carbons (Fsp3) is 0.222. The third-order valence-electron chi connectivity index (χ3n) is 3.40. The van der Waals surface area contributed by atoms with Gasteiger partial charge in [0, 0.05) is 6.54 Å². The monoisotopic (exact) mass is 385 g/mol. The number of nitrogens with two attached hydrogens (primary N) is 1. The van der Waals surface area contributed by atoms with Crippen LogP contribution in [0.1, 0.15) is 5.56 Å². The van der Waals surface area contributed by atoms with Gasteiger partial charge in [-0.1, -0.05) is 30.3 Å². The van der Waals surface area contributed by atoms with Crippen LogP contribution in [0, 0.1) is 0 Å². The molecule has 0 saturated carbocycles. The molecule has 4 nitrogen and oxygen atoms in total. The zero-order valence-electron chi connectivity index (χ0n) is 13.6. The summed E-state index contributed by atoms with van der Waals surface area (Å²) in [5, 5.41) is 0. The van der Waals surface area contributed by atoms with Gasteiger partial charge in [0.05, 0.1) is 10.6 Å². The Bertz CT molecular complexity index is 778. The molecule has 25 heavy (non-hydrogen) atoms. The van der Waals surface area contributed by atoms with Gasteiger partial charge < -0.3 is 10.5 Å². The molecule has 2 rings (SSSR count). The van der Waals surface area contributed by atoms with Crippen molar-refractivity contribution in [2.45, 2.75) is 11.3 Å². The molecule has 2 aromatic carbocycles. The maximum atomic E-state index is 13.2. The van der Waals surface area contributed by atoms with Crippen LogP contribution in [0.4, 0.5) is 4.39 Å². The van der Waals surface area contributed by atoms with Crippen molar-refractivity contribution in [1.82, 2.24) is 0 Å². The highest BCUT2D eigenvalue weighted by molar-refractivity contribution is 7.91. The van der Waals surface area contributed by atoms with E-state index >= 15 is 0 Å². The van der Waals surface area contributed by atoms with Crippen LogP contribution in [-0.4, -0.2) is 27.3 Å². The first-order valence-corrected chi connectivity index (χ1v) is 9.20. The molecule has 2 N–H and O–H groups in total. The maximum Gasteiger partial charge on any atom is 0.178 e. The number of ether oxygens (including phenoxy) is 1. The lowest BCUT2D eigenvalue weighted by molar-refractivity contribution is 0.318. The predicted octanol–water partition coefficient (Wildman–Crippen LogP) is 3.32. The minimum Gasteiger partial charge on any atom is -0.487 e. The molecule has 0 radical (unpaired) electrons. The van der Waals surface area contributed by atoms with Crippen LogP contribution >= 0.6 is 12.4 Å². The number of sulfone groups is 1. The Kier molecular flexibility index (Phi) is 8.61. The third kappa shape index (κ3) is 6.86. The average Bonchev–Trinajstić information content (AvgIpc) is 2.60. The fourth-order valence-corrected chi connectivity index (χ4v) is 3.39. The summed E-state index contributed by atoms with van der Waals surface area (Å²) in [4.78, 5) is 0.226. The van der Waals surface area contributed by atoms with Crippen LogP contribution in [0.5, 0.6) is 5.75 Å². The molecule has 0 fully saturated rings. The maximum absolute atomic E-state index is 13.2. The van der Waals surface area contributed by atoms with E-state index in [9.17, 15) is 12.8 Å². The largest absolute Gasteiger partial charge is 0.487 e. The standard InChI is InChI=1S/C18H20FNO3S.ClH/c19-16(10-12-20)14-23-17-6-8-18(9-7-17)24(21,22)13-11-15-4-2-1-3-5-15;/h1-10H,11-14,20H2;1H. The number of rotatable bonds is 8. The van der Waals surface area contributed by atoms with Crippen LogP contribution in [0.15, 0.2) is 71.4 Å². The van der Waals surface area contributed by atoms with Gasteiger partial charge in [0.15, 0.2) is 9.84 Å². The van der Waals surface area contributed by atoms with Gasteiger partial charge in [0.25, 0.3) is 0 Å². The van der Waals surface area contributed by atoms with E-state index in [1.165, 1.54) is 30.3 Å². The van der Waals surface area contributed by atoms with E-state index < -0.39 is 15.7 Å². The fourth-order valence-electron chi connectivity index (χ4n) is 2.10. The van der Waals surface area contributed by atoms with E-state index in [0.717, 1.165) is 5.56 Å². The quantitative estimate of drug-likeness (QED) is 0.756. The molecular formula is C18H21ClFNO3S. The molecule has 0 aliphatic rings. The second-order valence-electron chi connectivity index (χ2n) is 5.20. The van der Waals surface area contributed by atoms with Crippen molar-refractivity contribution in [3.63, 3.8) is 0 Å². The number of halogens is 2. The van der Waals surface area contributed by atoms with Gasteiger partial charge in [-0.3, -0.25) is 0 Å². The topological polar surface area (TPSA) is 69.4 Å². The Balaban J connectivity index is 0.00000312. The van der Waals surface area contributed by atoms with Crippen LogP contribution in [0.3, 0.4) is 0 Å². The van der Waals surface area contributed by atoms with Gasteiger partial charge in [-0.25, -0.2) is 12.8 Å². The van der Waals surface area contributed by atoms with E-state index in [0.29, 0.717) is 12.2 Å². The summed E-state index contributed by atoms with van der Waals surface area (Å²) in [6.45, 7) is -0.120. The minimum atomic E-state index is -3.37. The highest BCUT2D eigenvalue weighted by Crippen LogP contribution is 2.18. The van der Waals surface area contributed by atoms with Crippen molar-refractivity contribution in [2.75, 3.05) is 18.9 Å². The van der Waals surface area contributed by atoms with Crippen LogP contribution in [-0.2, 0) is 16.3 Å². The van der Waals surface area contributed by atoms with Crippen molar-refractivity contribution < 1.29 is 17.5 Å². The lowest BCUT2D eigenvalue weighted by Crippen LogP contribution is -2.09. The van der Waals surface area contributed by atoms with E-state index in [-0.39, 0.29) is 36.2 Å². The summed E-state index contributed by atoms with van der Waals surface area (Å²) in [5.41, 5.74) is 6.17. The molecule has 136 valence electrons. The summed E-state index contributed by atoms with van der Waals surface area (Å²) < 4.78 is 43.1. The summed E-state index contributed by atoms with van der Waals surface area (Å²) in [6.07, 6.45) is 1.68. The predicted molar refractivity (Wildman–Crippen MR) is 99.6 cm³/mol. The first-order chi connectivity index (χ1) is 11.5. The van der Waals surface area contributed by atoms with E-state index in [4.69, 9.17) is 10.5 Å². The number of hydrogen-bond donors (Lipinski definition) is 1. The van der Waals surface area contributed by atoms with Gasteiger partial charge in [0.2, 0.25) is 0 Å². The van der Waals surface area contributed by atoms with E-state index in [1.54, 1.807) is 0 Å². The molecule has 0 bridgehead atoms. The van der Waals surface area contributed by atoms with Gasteiger partial charge >= 0.3 is 0 Å². The SMILES string of the molecule is Cl.NCC=C(F)COc1ccc(S(=O)(=O)CCc2ccccc2)cc1.